The Kier molecular flexibility index (Phi) is 2.75. The van der Waals surface area contributed by atoms with Crippen molar-refractivity contribution in [3.05, 3.63) is 34.7 Å². The van der Waals surface area contributed by atoms with Crippen LogP contribution in [0.3, 0.4) is 0 Å². The minimum absolute atomic E-state index is 0.0923. The van der Waals surface area contributed by atoms with E-state index in [4.69, 9.17) is 5.73 Å². The van der Waals surface area contributed by atoms with Gasteiger partial charge in [-0.25, -0.2) is 9.37 Å². The Labute approximate surface area is 90.8 Å². The quantitative estimate of drug-likeness (QED) is 0.850. The van der Waals surface area contributed by atoms with Gasteiger partial charge in [-0.2, -0.15) is 0 Å². The van der Waals surface area contributed by atoms with E-state index in [1.807, 2.05) is 12.3 Å². The molecule has 2 N–H and O–H groups in total. The Morgan fingerprint density at radius 3 is 2.87 bits per heavy atom. The first kappa shape index (κ1) is 10.2. The highest BCUT2D eigenvalue weighted by Gasteiger charge is 2.08. The second kappa shape index (κ2) is 4.04. The van der Waals surface area contributed by atoms with Gasteiger partial charge in [-0.05, 0) is 13.0 Å². The fourth-order valence-electron chi connectivity index (χ4n) is 1.18. The molecule has 1 atom stereocenters. The van der Waals surface area contributed by atoms with Crippen molar-refractivity contribution in [2.75, 3.05) is 0 Å². The monoisotopic (exact) mass is 223 g/mol. The molecule has 2 heterocycles. The minimum Gasteiger partial charge on any atom is -0.322 e. The highest BCUT2D eigenvalue weighted by Crippen LogP contribution is 2.24. The first-order valence-electron chi connectivity index (χ1n) is 4.49. The fourth-order valence-corrected chi connectivity index (χ4v) is 1.97. The summed E-state index contributed by atoms with van der Waals surface area (Å²) in [5.74, 6) is -0.358. The Morgan fingerprint density at radius 2 is 2.27 bits per heavy atom. The zero-order valence-corrected chi connectivity index (χ0v) is 8.96. The summed E-state index contributed by atoms with van der Waals surface area (Å²) in [6.45, 7) is 1.87. The SMILES string of the molecule is CC(N)c1nc(-c2cncc(F)c2)cs1. The lowest BCUT2D eigenvalue weighted by Crippen LogP contribution is -2.03. The zero-order valence-electron chi connectivity index (χ0n) is 8.14. The van der Waals surface area contributed by atoms with Crippen LogP contribution >= 0.6 is 11.3 Å². The van der Waals surface area contributed by atoms with Crippen LogP contribution in [0.25, 0.3) is 11.3 Å². The standard InChI is InChI=1S/C10H10FN3S/c1-6(12)10-14-9(5-15-10)7-2-8(11)4-13-3-7/h2-6H,12H2,1H3. The Hall–Kier alpha value is -1.33. The summed E-state index contributed by atoms with van der Waals surface area (Å²) in [5, 5.41) is 2.70. The van der Waals surface area contributed by atoms with Gasteiger partial charge in [-0.15, -0.1) is 11.3 Å². The first-order valence-corrected chi connectivity index (χ1v) is 5.36. The molecule has 0 radical (unpaired) electrons. The van der Waals surface area contributed by atoms with Crippen LogP contribution < -0.4 is 5.73 Å². The predicted molar refractivity (Wildman–Crippen MR) is 57.9 cm³/mol. The smallest absolute Gasteiger partial charge is 0.142 e. The average Bonchev–Trinajstić information content (AvgIpc) is 2.66. The van der Waals surface area contributed by atoms with Crippen molar-refractivity contribution in [3.63, 3.8) is 0 Å². The number of hydrogen-bond donors (Lipinski definition) is 1. The van der Waals surface area contributed by atoms with Crippen molar-refractivity contribution in [2.24, 2.45) is 5.73 Å². The van der Waals surface area contributed by atoms with Crippen LogP contribution in [0.2, 0.25) is 0 Å². The Balaban J connectivity index is 2.37. The van der Waals surface area contributed by atoms with Gasteiger partial charge in [0.15, 0.2) is 0 Å². The van der Waals surface area contributed by atoms with Gasteiger partial charge in [0, 0.05) is 17.1 Å². The highest BCUT2D eigenvalue weighted by molar-refractivity contribution is 7.10. The van der Waals surface area contributed by atoms with E-state index in [-0.39, 0.29) is 11.9 Å². The third-order valence-corrected chi connectivity index (χ3v) is 2.96. The second-order valence-electron chi connectivity index (χ2n) is 3.25. The number of nitrogens with zero attached hydrogens (tertiary/aromatic N) is 2. The molecule has 5 heteroatoms. The van der Waals surface area contributed by atoms with E-state index in [0.29, 0.717) is 5.56 Å². The molecule has 0 aromatic carbocycles. The van der Waals surface area contributed by atoms with Gasteiger partial charge in [0.05, 0.1) is 17.9 Å². The van der Waals surface area contributed by atoms with Gasteiger partial charge in [0.1, 0.15) is 10.8 Å². The van der Waals surface area contributed by atoms with Crippen molar-refractivity contribution in [3.8, 4) is 11.3 Å². The molecule has 0 saturated heterocycles. The van der Waals surface area contributed by atoms with E-state index in [2.05, 4.69) is 9.97 Å². The van der Waals surface area contributed by atoms with Crippen molar-refractivity contribution in [2.45, 2.75) is 13.0 Å². The third-order valence-electron chi connectivity index (χ3n) is 1.91. The number of thiazole rings is 1. The number of aromatic nitrogens is 2. The molecule has 0 amide bonds. The van der Waals surface area contributed by atoms with Gasteiger partial charge in [-0.3, -0.25) is 4.98 Å². The number of pyridine rings is 1. The zero-order chi connectivity index (χ0) is 10.8. The van der Waals surface area contributed by atoms with Gasteiger partial charge >= 0.3 is 0 Å². The van der Waals surface area contributed by atoms with E-state index in [1.54, 1.807) is 6.20 Å². The molecule has 0 aliphatic rings. The molecule has 0 spiro atoms. The average molecular weight is 223 g/mol. The van der Waals surface area contributed by atoms with E-state index in [9.17, 15) is 4.39 Å². The normalized spacial score (nSPS) is 12.7. The van der Waals surface area contributed by atoms with Gasteiger partial charge < -0.3 is 5.73 Å². The van der Waals surface area contributed by atoms with Crippen LogP contribution in [0.1, 0.15) is 18.0 Å². The lowest BCUT2D eigenvalue weighted by atomic mass is 10.2. The van der Waals surface area contributed by atoms with Crippen molar-refractivity contribution < 1.29 is 4.39 Å². The molecule has 78 valence electrons. The molecule has 0 aliphatic carbocycles. The van der Waals surface area contributed by atoms with Gasteiger partial charge in [0.25, 0.3) is 0 Å². The van der Waals surface area contributed by atoms with Gasteiger partial charge in [-0.1, -0.05) is 0 Å². The summed E-state index contributed by atoms with van der Waals surface area (Å²) < 4.78 is 12.9. The van der Waals surface area contributed by atoms with Crippen LogP contribution in [-0.4, -0.2) is 9.97 Å². The number of halogens is 1. The molecule has 2 aromatic rings. The van der Waals surface area contributed by atoms with E-state index < -0.39 is 0 Å². The number of rotatable bonds is 2. The van der Waals surface area contributed by atoms with Crippen LogP contribution in [-0.2, 0) is 0 Å². The Bertz CT molecular complexity index is 467. The van der Waals surface area contributed by atoms with Crippen LogP contribution in [0.4, 0.5) is 4.39 Å². The van der Waals surface area contributed by atoms with Crippen LogP contribution in [0, 0.1) is 5.82 Å². The maximum atomic E-state index is 12.9. The predicted octanol–water partition coefficient (Wildman–Crippen LogP) is 2.36. The molecule has 0 fully saturated rings. The van der Waals surface area contributed by atoms with E-state index in [1.165, 1.54) is 23.6 Å². The fraction of sp³-hybridized carbons (Fsp3) is 0.200. The van der Waals surface area contributed by atoms with Crippen molar-refractivity contribution in [1.29, 1.82) is 0 Å². The lowest BCUT2D eigenvalue weighted by Gasteiger charge is -1.98. The summed E-state index contributed by atoms with van der Waals surface area (Å²) in [6.07, 6.45) is 2.76. The minimum atomic E-state index is -0.358. The molecule has 2 aromatic heterocycles. The van der Waals surface area contributed by atoms with E-state index >= 15 is 0 Å². The molecule has 2 rings (SSSR count). The summed E-state index contributed by atoms with van der Waals surface area (Å²) in [6, 6.07) is 1.32. The van der Waals surface area contributed by atoms with Crippen LogP contribution in [0.5, 0.6) is 0 Å². The van der Waals surface area contributed by atoms with Crippen molar-refractivity contribution >= 4 is 11.3 Å². The highest BCUT2D eigenvalue weighted by atomic mass is 32.1. The number of nitrogens with two attached hydrogens (primary N) is 1. The lowest BCUT2D eigenvalue weighted by molar-refractivity contribution is 0.622. The molecule has 15 heavy (non-hydrogen) atoms. The Morgan fingerprint density at radius 1 is 1.47 bits per heavy atom. The maximum Gasteiger partial charge on any atom is 0.142 e. The third kappa shape index (κ3) is 2.19. The van der Waals surface area contributed by atoms with E-state index in [0.717, 1.165) is 10.7 Å². The summed E-state index contributed by atoms with van der Waals surface area (Å²) in [7, 11) is 0. The van der Waals surface area contributed by atoms with Crippen LogP contribution in [0.15, 0.2) is 23.8 Å². The molecule has 0 aliphatic heterocycles. The van der Waals surface area contributed by atoms with Crippen molar-refractivity contribution in [1.82, 2.24) is 9.97 Å². The molecular weight excluding hydrogens is 213 g/mol. The largest absolute Gasteiger partial charge is 0.322 e. The maximum absolute atomic E-state index is 12.9. The molecular formula is C10H10FN3S. The van der Waals surface area contributed by atoms with Gasteiger partial charge in [0.2, 0.25) is 0 Å². The molecule has 0 bridgehead atoms. The number of hydrogen-bond acceptors (Lipinski definition) is 4. The topological polar surface area (TPSA) is 51.8 Å². The molecule has 0 saturated carbocycles. The molecule has 1 unspecified atom stereocenters. The molecule has 3 nitrogen and oxygen atoms in total. The summed E-state index contributed by atoms with van der Waals surface area (Å²) >= 11 is 1.47. The summed E-state index contributed by atoms with van der Waals surface area (Å²) in [5.41, 5.74) is 7.09. The summed E-state index contributed by atoms with van der Waals surface area (Å²) in [4.78, 5) is 8.08. The first-order chi connectivity index (χ1) is 7.16. The second-order valence-corrected chi connectivity index (χ2v) is 4.14.